The first-order valence-electron chi connectivity index (χ1n) is 7.71. The van der Waals surface area contributed by atoms with Crippen molar-refractivity contribution in [3.05, 3.63) is 53.3 Å². The maximum Gasteiger partial charge on any atom is 0.308 e. The van der Waals surface area contributed by atoms with E-state index in [4.69, 9.17) is 0 Å². The van der Waals surface area contributed by atoms with Crippen molar-refractivity contribution in [1.29, 1.82) is 0 Å². The lowest BCUT2D eigenvalue weighted by molar-refractivity contribution is -0.141. The van der Waals surface area contributed by atoms with Crippen LogP contribution in [0.15, 0.2) is 36.4 Å². The quantitative estimate of drug-likeness (QED) is 0.903. The largest absolute Gasteiger partial charge is 0.481 e. The molecule has 1 aliphatic heterocycles. The van der Waals surface area contributed by atoms with E-state index in [0.29, 0.717) is 12.2 Å². The topological polar surface area (TPSA) is 86.3 Å². The number of hydrogen-bond donors (Lipinski definition) is 2. The summed E-state index contributed by atoms with van der Waals surface area (Å²) in [6.07, 6.45) is 0.769. The summed E-state index contributed by atoms with van der Waals surface area (Å²) in [6.45, 7) is 2.58. The smallest absolute Gasteiger partial charge is 0.308 e. The zero-order chi connectivity index (χ0) is 16.4. The van der Waals surface area contributed by atoms with E-state index in [1.165, 1.54) is 0 Å². The van der Waals surface area contributed by atoms with Gasteiger partial charge in [-0.05, 0) is 18.1 Å². The Kier molecular flexibility index (Phi) is 4.14. The minimum Gasteiger partial charge on any atom is -0.481 e. The molecule has 6 nitrogen and oxygen atoms in total. The second kappa shape index (κ2) is 6.24. The molecule has 0 bridgehead atoms. The first kappa shape index (κ1) is 15.3. The number of carboxylic acid groups (broad SMARTS) is 1. The molecular weight excluding hydrogens is 294 g/mol. The van der Waals surface area contributed by atoms with Gasteiger partial charge in [-0.25, -0.2) is 0 Å². The number of nitrogens with zero attached hydrogens (tertiary/aromatic N) is 2. The fraction of sp³-hybridized carbons (Fsp3) is 0.353. The number of carbonyl (C=O) groups is 2. The van der Waals surface area contributed by atoms with Crippen LogP contribution in [-0.2, 0) is 11.2 Å². The minimum atomic E-state index is -0.870. The molecule has 23 heavy (non-hydrogen) atoms. The van der Waals surface area contributed by atoms with Crippen LogP contribution in [0.4, 0.5) is 0 Å². The number of H-pyrrole nitrogens is 1. The molecule has 0 spiro atoms. The normalized spacial score (nSPS) is 20.7. The molecule has 1 aromatic heterocycles. The molecule has 1 amide bonds. The summed E-state index contributed by atoms with van der Waals surface area (Å²) in [5.41, 5.74) is 2.19. The third kappa shape index (κ3) is 2.97. The zero-order valence-electron chi connectivity index (χ0n) is 12.9. The molecule has 1 saturated heterocycles. The highest BCUT2D eigenvalue weighted by Gasteiger charge is 2.41. The fourth-order valence-corrected chi connectivity index (χ4v) is 3.07. The van der Waals surface area contributed by atoms with Crippen molar-refractivity contribution in [3.8, 4) is 0 Å². The van der Waals surface area contributed by atoms with Crippen LogP contribution in [0.25, 0.3) is 0 Å². The SMILES string of the molecule is CCc1cc(C(=O)N2C[C@H](C(=O)O)[C@H](c3ccccc3)C2)n[nH]1. The average Bonchev–Trinajstić information content (AvgIpc) is 3.22. The standard InChI is InChI=1S/C17H19N3O3/c1-2-12-8-15(19-18-12)16(21)20-9-13(14(10-20)17(22)23)11-6-4-3-5-7-11/h3-8,13-14H,2,9-10H2,1H3,(H,18,19)(H,22,23)/t13-,14-/m0/s1. The van der Waals surface area contributed by atoms with Crippen LogP contribution in [0.5, 0.6) is 0 Å². The number of likely N-dealkylation sites (tertiary alicyclic amines) is 1. The highest BCUT2D eigenvalue weighted by Crippen LogP contribution is 2.33. The van der Waals surface area contributed by atoms with Gasteiger partial charge in [0.05, 0.1) is 5.92 Å². The summed E-state index contributed by atoms with van der Waals surface area (Å²) in [4.78, 5) is 25.7. The third-order valence-corrected chi connectivity index (χ3v) is 4.38. The highest BCUT2D eigenvalue weighted by molar-refractivity contribution is 5.93. The number of hydrogen-bond acceptors (Lipinski definition) is 3. The Morgan fingerprint density at radius 3 is 2.65 bits per heavy atom. The Bertz CT molecular complexity index is 711. The van der Waals surface area contributed by atoms with Gasteiger partial charge in [0.2, 0.25) is 0 Å². The van der Waals surface area contributed by atoms with E-state index in [1.54, 1.807) is 11.0 Å². The molecule has 3 rings (SSSR count). The number of aromatic nitrogens is 2. The molecule has 120 valence electrons. The highest BCUT2D eigenvalue weighted by atomic mass is 16.4. The second-order valence-corrected chi connectivity index (χ2v) is 5.80. The first-order valence-corrected chi connectivity index (χ1v) is 7.71. The van der Waals surface area contributed by atoms with Gasteiger partial charge in [-0.1, -0.05) is 37.3 Å². The number of amides is 1. The number of carboxylic acids is 1. The van der Waals surface area contributed by atoms with Gasteiger partial charge in [0, 0.05) is 24.7 Å². The van der Waals surface area contributed by atoms with Crippen molar-refractivity contribution in [3.63, 3.8) is 0 Å². The van der Waals surface area contributed by atoms with Crippen LogP contribution in [0, 0.1) is 5.92 Å². The van der Waals surface area contributed by atoms with Gasteiger partial charge in [-0.15, -0.1) is 0 Å². The molecular formula is C17H19N3O3. The van der Waals surface area contributed by atoms with Crippen LogP contribution >= 0.6 is 0 Å². The van der Waals surface area contributed by atoms with E-state index in [1.807, 2.05) is 37.3 Å². The van der Waals surface area contributed by atoms with Gasteiger partial charge in [0.1, 0.15) is 5.69 Å². The van der Waals surface area contributed by atoms with Gasteiger partial charge in [0.25, 0.3) is 5.91 Å². The van der Waals surface area contributed by atoms with E-state index >= 15 is 0 Å². The molecule has 0 saturated carbocycles. The van der Waals surface area contributed by atoms with Crippen molar-refractivity contribution in [2.24, 2.45) is 5.92 Å². The average molecular weight is 313 g/mol. The number of carbonyl (C=O) groups excluding carboxylic acids is 1. The number of benzene rings is 1. The molecule has 2 heterocycles. The Morgan fingerprint density at radius 1 is 1.30 bits per heavy atom. The lowest BCUT2D eigenvalue weighted by atomic mass is 9.89. The Labute approximate surface area is 134 Å². The van der Waals surface area contributed by atoms with Gasteiger partial charge in [-0.2, -0.15) is 5.10 Å². The molecule has 0 unspecified atom stereocenters. The van der Waals surface area contributed by atoms with Crippen molar-refractivity contribution in [1.82, 2.24) is 15.1 Å². The molecule has 1 aliphatic rings. The number of aliphatic carboxylic acids is 1. The molecule has 2 aromatic rings. The van der Waals surface area contributed by atoms with Crippen LogP contribution in [0.2, 0.25) is 0 Å². The van der Waals surface area contributed by atoms with Crippen molar-refractivity contribution >= 4 is 11.9 Å². The number of aromatic amines is 1. The second-order valence-electron chi connectivity index (χ2n) is 5.80. The first-order chi connectivity index (χ1) is 11.1. The number of nitrogens with one attached hydrogen (secondary N) is 1. The number of rotatable bonds is 4. The van der Waals surface area contributed by atoms with Crippen LogP contribution in [-0.4, -0.2) is 45.2 Å². The monoisotopic (exact) mass is 313 g/mol. The summed E-state index contributed by atoms with van der Waals surface area (Å²) in [5, 5.41) is 16.4. The fourth-order valence-electron chi connectivity index (χ4n) is 3.07. The summed E-state index contributed by atoms with van der Waals surface area (Å²) in [6, 6.07) is 11.2. The molecule has 0 aliphatic carbocycles. The lowest BCUT2D eigenvalue weighted by Crippen LogP contribution is -2.30. The lowest BCUT2D eigenvalue weighted by Gasteiger charge is -2.15. The summed E-state index contributed by atoms with van der Waals surface area (Å²) >= 11 is 0. The van der Waals surface area contributed by atoms with E-state index in [9.17, 15) is 14.7 Å². The summed E-state index contributed by atoms with van der Waals surface area (Å²) in [7, 11) is 0. The molecule has 1 fully saturated rings. The summed E-state index contributed by atoms with van der Waals surface area (Å²) < 4.78 is 0. The van der Waals surface area contributed by atoms with Crippen LogP contribution in [0.3, 0.4) is 0 Å². The summed E-state index contributed by atoms with van der Waals surface area (Å²) in [5.74, 6) is -1.87. The molecule has 2 N–H and O–H groups in total. The van der Waals surface area contributed by atoms with Crippen molar-refractivity contribution < 1.29 is 14.7 Å². The Morgan fingerprint density at radius 2 is 2.04 bits per heavy atom. The van der Waals surface area contributed by atoms with Gasteiger partial charge >= 0.3 is 5.97 Å². The molecule has 2 atom stereocenters. The maximum absolute atomic E-state index is 12.6. The van der Waals surface area contributed by atoms with Gasteiger partial charge in [0.15, 0.2) is 0 Å². The van der Waals surface area contributed by atoms with Crippen LogP contribution in [0.1, 0.15) is 34.6 Å². The van der Waals surface area contributed by atoms with E-state index in [-0.39, 0.29) is 18.4 Å². The zero-order valence-corrected chi connectivity index (χ0v) is 12.9. The van der Waals surface area contributed by atoms with Gasteiger partial charge < -0.3 is 10.0 Å². The number of aryl methyl sites for hydroxylation is 1. The molecule has 1 aromatic carbocycles. The third-order valence-electron chi connectivity index (χ3n) is 4.38. The Hall–Kier alpha value is -2.63. The van der Waals surface area contributed by atoms with Gasteiger partial charge in [-0.3, -0.25) is 14.7 Å². The van der Waals surface area contributed by atoms with E-state index in [0.717, 1.165) is 17.7 Å². The Balaban J connectivity index is 1.82. The van der Waals surface area contributed by atoms with E-state index < -0.39 is 11.9 Å². The van der Waals surface area contributed by atoms with Crippen molar-refractivity contribution in [2.75, 3.05) is 13.1 Å². The molecule has 6 heteroatoms. The molecule has 0 radical (unpaired) electrons. The predicted molar refractivity (Wildman–Crippen MR) is 84.2 cm³/mol. The predicted octanol–water partition coefficient (Wildman–Crippen LogP) is 1.91. The van der Waals surface area contributed by atoms with Crippen molar-refractivity contribution in [2.45, 2.75) is 19.3 Å². The van der Waals surface area contributed by atoms with Crippen LogP contribution < -0.4 is 0 Å². The maximum atomic E-state index is 12.6. The van der Waals surface area contributed by atoms with E-state index in [2.05, 4.69) is 10.2 Å². The minimum absolute atomic E-state index is 0.192.